The fraction of sp³-hybridized carbons (Fsp3) is 0.125. The average molecular weight is 240 g/mol. The molecule has 0 bridgehead atoms. The highest BCUT2D eigenvalue weighted by molar-refractivity contribution is 5.48. The van der Waals surface area contributed by atoms with Crippen LogP contribution in [0.1, 0.15) is 22.8 Å². The van der Waals surface area contributed by atoms with Crippen LogP contribution in [0.3, 0.4) is 0 Å². The van der Waals surface area contributed by atoms with E-state index in [1.165, 1.54) is 0 Å². The van der Waals surface area contributed by atoms with Crippen LogP contribution in [0.15, 0.2) is 55.1 Å². The molecule has 2 heteroatoms. The molecule has 0 aliphatic rings. The molecule has 0 aromatic heterocycles. The van der Waals surface area contributed by atoms with Crippen molar-refractivity contribution in [3.63, 3.8) is 0 Å². The van der Waals surface area contributed by atoms with Gasteiger partial charge in [0, 0.05) is 0 Å². The fourth-order valence-corrected chi connectivity index (χ4v) is 1.79. The van der Waals surface area contributed by atoms with Gasteiger partial charge in [-0.1, -0.05) is 49.1 Å². The van der Waals surface area contributed by atoms with Crippen molar-refractivity contribution >= 4 is 6.08 Å². The smallest absolute Gasteiger partial charge is 0.118 e. The maximum absolute atomic E-state index is 10.3. The summed E-state index contributed by atoms with van der Waals surface area (Å²) in [7, 11) is 1.62. The molecule has 2 aromatic carbocycles. The van der Waals surface area contributed by atoms with E-state index in [4.69, 9.17) is 4.74 Å². The van der Waals surface area contributed by atoms with Crippen LogP contribution in [0.5, 0.6) is 5.75 Å². The maximum Gasteiger partial charge on any atom is 0.118 e. The van der Waals surface area contributed by atoms with E-state index in [1.54, 1.807) is 13.2 Å². The Kier molecular flexibility index (Phi) is 3.80. The number of aliphatic hydroxyl groups is 1. The molecular weight excluding hydrogens is 224 g/mol. The number of ether oxygens (including phenoxy) is 1. The molecule has 2 rings (SSSR count). The van der Waals surface area contributed by atoms with Crippen molar-refractivity contribution in [3.05, 3.63) is 71.8 Å². The summed E-state index contributed by atoms with van der Waals surface area (Å²) >= 11 is 0. The van der Waals surface area contributed by atoms with Crippen molar-refractivity contribution in [1.82, 2.24) is 0 Å². The van der Waals surface area contributed by atoms with E-state index in [0.717, 1.165) is 22.4 Å². The first-order chi connectivity index (χ1) is 8.74. The van der Waals surface area contributed by atoms with Crippen LogP contribution >= 0.6 is 0 Å². The molecule has 92 valence electrons. The molecule has 1 atom stereocenters. The predicted molar refractivity (Wildman–Crippen MR) is 73.6 cm³/mol. The van der Waals surface area contributed by atoms with E-state index in [9.17, 15) is 5.11 Å². The van der Waals surface area contributed by atoms with Crippen LogP contribution in [-0.2, 0) is 0 Å². The standard InChI is InChI=1S/C16H16O2/c1-3-12-4-6-13(7-5-12)16(17)14-8-10-15(18-2)11-9-14/h3-11,16-17H,1H2,2H3. The molecule has 2 nitrogen and oxygen atoms in total. The van der Waals surface area contributed by atoms with Gasteiger partial charge in [-0.3, -0.25) is 0 Å². The van der Waals surface area contributed by atoms with Gasteiger partial charge in [-0.2, -0.15) is 0 Å². The Hall–Kier alpha value is -2.06. The van der Waals surface area contributed by atoms with Crippen LogP contribution < -0.4 is 4.74 Å². The Bertz CT molecular complexity index is 512. The minimum atomic E-state index is -0.616. The summed E-state index contributed by atoms with van der Waals surface area (Å²) in [5, 5.41) is 10.3. The summed E-state index contributed by atoms with van der Waals surface area (Å²) in [6.07, 6.45) is 1.17. The lowest BCUT2D eigenvalue weighted by Gasteiger charge is -2.12. The van der Waals surface area contributed by atoms with Gasteiger partial charge in [0.25, 0.3) is 0 Å². The van der Waals surface area contributed by atoms with E-state index >= 15 is 0 Å². The van der Waals surface area contributed by atoms with Crippen LogP contribution in [-0.4, -0.2) is 12.2 Å². The number of hydrogen-bond acceptors (Lipinski definition) is 2. The summed E-state index contributed by atoms with van der Waals surface area (Å²) in [6, 6.07) is 15.1. The second-order valence-corrected chi connectivity index (χ2v) is 4.05. The highest BCUT2D eigenvalue weighted by Gasteiger charge is 2.09. The summed E-state index contributed by atoms with van der Waals surface area (Å²) in [6.45, 7) is 3.71. The van der Waals surface area contributed by atoms with Crippen molar-refractivity contribution in [1.29, 1.82) is 0 Å². The van der Waals surface area contributed by atoms with Gasteiger partial charge in [-0.15, -0.1) is 0 Å². The number of hydrogen-bond donors (Lipinski definition) is 1. The summed E-state index contributed by atoms with van der Waals surface area (Å²) in [5.41, 5.74) is 2.76. The molecule has 0 heterocycles. The lowest BCUT2D eigenvalue weighted by atomic mass is 10.0. The van der Waals surface area contributed by atoms with E-state index in [2.05, 4.69) is 6.58 Å². The third-order valence-electron chi connectivity index (χ3n) is 2.92. The van der Waals surface area contributed by atoms with Crippen molar-refractivity contribution in [2.45, 2.75) is 6.10 Å². The van der Waals surface area contributed by atoms with Gasteiger partial charge in [0.1, 0.15) is 11.9 Å². The van der Waals surface area contributed by atoms with Gasteiger partial charge < -0.3 is 9.84 Å². The molecule has 0 saturated heterocycles. The second kappa shape index (κ2) is 5.52. The van der Waals surface area contributed by atoms with E-state index in [-0.39, 0.29) is 0 Å². The summed E-state index contributed by atoms with van der Waals surface area (Å²) in [5.74, 6) is 0.785. The quantitative estimate of drug-likeness (QED) is 0.887. The minimum absolute atomic E-state index is 0.616. The number of benzene rings is 2. The number of methoxy groups -OCH3 is 1. The van der Waals surface area contributed by atoms with Crippen molar-refractivity contribution in [3.8, 4) is 5.75 Å². The molecule has 1 unspecified atom stereocenters. The van der Waals surface area contributed by atoms with E-state index in [0.29, 0.717) is 0 Å². The van der Waals surface area contributed by atoms with Crippen molar-refractivity contribution in [2.75, 3.05) is 7.11 Å². The first-order valence-electron chi connectivity index (χ1n) is 5.79. The second-order valence-electron chi connectivity index (χ2n) is 4.05. The largest absolute Gasteiger partial charge is 0.497 e. The molecule has 0 spiro atoms. The lowest BCUT2D eigenvalue weighted by Crippen LogP contribution is -1.99. The zero-order chi connectivity index (χ0) is 13.0. The number of rotatable bonds is 4. The van der Waals surface area contributed by atoms with Crippen LogP contribution in [0.4, 0.5) is 0 Å². The Labute approximate surface area is 107 Å². The molecule has 0 saturated carbocycles. The third kappa shape index (κ3) is 2.60. The third-order valence-corrected chi connectivity index (χ3v) is 2.92. The zero-order valence-electron chi connectivity index (χ0n) is 10.3. The highest BCUT2D eigenvalue weighted by Crippen LogP contribution is 2.24. The molecule has 18 heavy (non-hydrogen) atoms. The van der Waals surface area contributed by atoms with Gasteiger partial charge in [-0.05, 0) is 28.8 Å². The molecule has 0 aliphatic carbocycles. The monoisotopic (exact) mass is 240 g/mol. The highest BCUT2D eigenvalue weighted by atomic mass is 16.5. The maximum atomic E-state index is 10.3. The van der Waals surface area contributed by atoms with Crippen LogP contribution in [0, 0.1) is 0 Å². The molecule has 0 fully saturated rings. The van der Waals surface area contributed by atoms with Crippen molar-refractivity contribution < 1.29 is 9.84 Å². The van der Waals surface area contributed by atoms with Gasteiger partial charge in [-0.25, -0.2) is 0 Å². The van der Waals surface area contributed by atoms with Gasteiger partial charge in [0.2, 0.25) is 0 Å². The SMILES string of the molecule is C=Cc1ccc(C(O)c2ccc(OC)cc2)cc1. The average Bonchev–Trinajstić information content (AvgIpc) is 2.47. The molecule has 1 N–H and O–H groups in total. The first kappa shape index (κ1) is 12.4. The lowest BCUT2D eigenvalue weighted by molar-refractivity contribution is 0.220. The Morgan fingerprint density at radius 3 is 1.94 bits per heavy atom. The Morgan fingerprint density at radius 1 is 1.00 bits per heavy atom. The molecule has 0 radical (unpaired) electrons. The Morgan fingerprint density at radius 2 is 1.50 bits per heavy atom. The summed E-state index contributed by atoms with van der Waals surface area (Å²) in [4.78, 5) is 0. The van der Waals surface area contributed by atoms with E-state index < -0.39 is 6.10 Å². The van der Waals surface area contributed by atoms with Crippen LogP contribution in [0.25, 0.3) is 6.08 Å². The number of aliphatic hydroxyl groups excluding tert-OH is 1. The molecular formula is C16H16O2. The van der Waals surface area contributed by atoms with Gasteiger partial charge in [0.05, 0.1) is 7.11 Å². The molecule has 0 aliphatic heterocycles. The topological polar surface area (TPSA) is 29.5 Å². The van der Waals surface area contributed by atoms with Crippen molar-refractivity contribution in [2.24, 2.45) is 0 Å². The van der Waals surface area contributed by atoms with Crippen LogP contribution in [0.2, 0.25) is 0 Å². The fourth-order valence-electron chi connectivity index (χ4n) is 1.79. The Balaban J connectivity index is 2.22. The first-order valence-corrected chi connectivity index (χ1v) is 5.79. The minimum Gasteiger partial charge on any atom is -0.497 e. The predicted octanol–water partition coefficient (Wildman–Crippen LogP) is 3.42. The normalized spacial score (nSPS) is 11.9. The zero-order valence-corrected chi connectivity index (χ0v) is 10.3. The van der Waals surface area contributed by atoms with Gasteiger partial charge in [0.15, 0.2) is 0 Å². The summed E-state index contributed by atoms with van der Waals surface area (Å²) < 4.78 is 5.09. The van der Waals surface area contributed by atoms with Gasteiger partial charge >= 0.3 is 0 Å². The molecule has 0 amide bonds. The molecule has 2 aromatic rings. The van der Waals surface area contributed by atoms with E-state index in [1.807, 2.05) is 48.5 Å².